The molecule has 122 valence electrons. The maximum Gasteiger partial charge on any atom is 0.274 e. The van der Waals surface area contributed by atoms with Gasteiger partial charge in [-0.25, -0.2) is 5.01 Å². The molecule has 0 bridgehead atoms. The maximum atomic E-state index is 13.0. The summed E-state index contributed by atoms with van der Waals surface area (Å²) in [5.41, 5.74) is 3.76. The quantitative estimate of drug-likeness (QED) is 0.688. The number of hydrogen-bond donors (Lipinski definition) is 0. The molecule has 0 saturated heterocycles. The highest BCUT2D eigenvalue weighted by Crippen LogP contribution is 2.33. The van der Waals surface area contributed by atoms with E-state index in [4.69, 9.17) is 5.10 Å². The van der Waals surface area contributed by atoms with Gasteiger partial charge in [-0.15, -0.1) is 0 Å². The Bertz CT molecular complexity index is 889. The highest BCUT2D eigenvalue weighted by Gasteiger charge is 2.33. The van der Waals surface area contributed by atoms with Crippen LogP contribution in [-0.2, 0) is 0 Å². The number of amides is 1. The largest absolute Gasteiger partial charge is 0.274 e. The van der Waals surface area contributed by atoms with Crippen LogP contribution in [0.4, 0.5) is 0 Å². The Hall–Kier alpha value is -3.20. The van der Waals surface area contributed by atoms with Crippen molar-refractivity contribution < 1.29 is 4.79 Å². The highest BCUT2D eigenvalue weighted by molar-refractivity contribution is 6.05. The highest BCUT2D eigenvalue weighted by atomic mass is 16.2. The molecule has 3 heteroatoms. The fourth-order valence-corrected chi connectivity index (χ4v) is 3.15. The number of carbonyl (C=O) groups excluding carboxylic acids is 1. The molecule has 4 rings (SSSR count). The first-order valence-corrected chi connectivity index (χ1v) is 8.39. The third-order valence-corrected chi connectivity index (χ3v) is 4.43. The van der Waals surface area contributed by atoms with E-state index in [9.17, 15) is 4.79 Å². The molecular weight excluding hydrogens is 308 g/mol. The van der Waals surface area contributed by atoms with Crippen molar-refractivity contribution in [3.63, 3.8) is 0 Å². The lowest BCUT2D eigenvalue weighted by Crippen LogP contribution is -2.27. The van der Waals surface area contributed by atoms with Crippen molar-refractivity contribution in [2.45, 2.75) is 12.5 Å². The minimum Gasteiger partial charge on any atom is -0.267 e. The van der Waals surface area contributed by atoms with Crippen molar-refractivity contribution in [2.24, 2.45) is 5.10 Å². The molecule has 3 nitrogen and oxygen atoms in total. The fraction of sp³-hybridized carbons (Fsp3) is 0.0909. The number of rotatable bonds is 3. The van der Waals surface area contributed by atoms with E-state index < -0.39 is 0 Å². The summed E-state index contributed by atoms with van der Waals surface area (Å²) in [6, 6.07) is 29.4. The first-order valence-electron chi connectivity index (χ1n) is 8.39. The zero-order valence-corrected chi connectivity index (χ0v) is 13.7. The van der Waals surface area contributed by atoms with E-state index in [0.29, 0.717) is 12.0 Å². The Morgan fingerprint density at radius 3 is 2.00 bits per heavy atom. The van der Waals surface area contributed by atoms with Gasteiger partial charge in [-0.3, -0.25) is 4.79 Å². The Labute approximate surface area is 147 Å². The topological polar surface area (TPSA) is 32.7 Å². The molecule has 1 aliphatic rings. The Balaban J connectivity index is 1.73. The molecule has 0 aromatic heterocycles. The lowest BCUT2D eigenvalue weighted by atomic mass is 9.98. The van der Waals surface area contributed by atoms with Crippen molar-refractivity contribution in [3.05, 3.63) is 108 Å². The minimum atomic E-state index is -0.0795. The summed E-state index contributed by atoms with van der Waals surface area (Å²) < 4.78 is 0. The van der Waals surface area contributed by atoms with Gasteiger partial charge in [0, 0.05) is 12.0 Å². The van der Waals surface area contributed by atoms with Crippen molar-refractivity contribution in [3.8, 4) is 0 Å². The molecule has 1 atom stereocenters. The first-order chi connectivity index (χ1) is 12.3. The smallest absolute Gasteiger partial charge is 0.267 e. The second kappa shape index (κ2) is 6.73. The Morgan fingerprint density at radius 2 is 1.36 bits per heavy atom. The summed E-state index contributed by atoms with van der Waals surface area (Å²) in [4.78, 5) is 13.0. The number of benzene rings is 3. The van der Waals surface area contributed by atoms with E-state index in [1.807, 2.05) is 78.9 Å². The number of carbonyl (C=O) groups is 1. The van der Waals surface area contributed by atoms with Crippen molar-refractivity contribution in [2.75, 3.05) is 0 Å². The number of hydrazone groups is 1. The molecule has 0 spiro atoms. The van der Waals surface area contributed by atoms with E-state index in [1.165, 1.54) is 0 Å². The van der Waals surface area contributed by atoms with Crippen molar-refractivity contribution in [1.29, 1.82) is 0 Å². The zero-order valence-electron chi connectivity index (χ0n) is 13.7. The molecule has 1 aliphatic heterocycles. The van der Waals surface area contributed by atoms with E-state index in [-0.39, 0.29) is 11.9 Å². The van der Waals surface area contributed by atoms with E-state index in [1.54, 1.807) is 5.01 Å². The average molecular weight is 326 g/mol. The Kier molecular flexibility index (Phi) is 4.13. The minimum absolute atomic E-state index is 0.0691. The molecule has 0 saturated carbocycles. The summed E-state index contributed by atoms with van der Waals surface area (Å²) in [5, 5.41) is 6.32. The third-order valence-electron chi connectivity index (χ3n) is 4.43. The van der Waals surface area contributed by atoms with Crippen LogP contribution in [0, 0.1) is 0 Å². The van der Waals surface area contributed by atoms with Crippen LogP contribution in [-0.4, -0.2) is 16.6 Å². The molecule has 0 aliphatic carbocycles. The van der Waals surface area contributed by atoms with Crippen molar-refractivity contribution >= 4 is 11.6 Å². The molecule has 0 fully saturated rings. The third kappa shape index (κ3) is 3.09. The summed E-state index contributed by atoms with van der Waals surface area (Å²) in [5.74, 6) is -0.0691. The van der Waals surface area contributed by atoms with Crippen molar-refractivity contribution in [1.82, 2.24) is 5.01 Å². The normalized spacial score (nSPS) is 16.6. The second-order valence-corrected chi connectivity index (χ2v) is 6.06. The van der Waals surface area contributed by atoms with E-state index in [2.05, 4.69) is 12.1 Å². The fourth-order valence-electron chi connectivity index (χ4n) is 3.15. The van der Waals surface area contributed by atoms with Crippen LogP contribution in [0.5, 0.6) is 0 Å². The molecule has 3 aromatic rings. The molecule has 1 heterocycles. The lowest BCUT2D eigenvalue weighted by molar-refractivity contribution is 0.0711. The van der Waals surface area contributed by atoms with Gasteiger partial charge < -0.3 is 0 Å². The standard InChI is InChI=1S/C22H18N2O/c25-22(19-14-8-3-9-15-19)24-21(18-12-6-2-7-13-18)16-20(23-24)17-10-4-1-5-11-17/h1-15,21H,16H2/t21-/m0/s1. The molecule has 0 radical (unpaired) electrons. The zero-order chi connectivity index (χ0) is 17.1. The molecule has 1 amide bonds. The number of hydrogen-bond acceptors (Lipinski definition) is 2. The average Bonchev–Trinajstić information content (AvgIpc) is 3.15. The van der Waals surface area contributed by atoms with Crippen LogP contribution < -0.4 is 0 Å². The van der Waals surface area contributed by atoms with E-state index >= 15 is 0 Å². The summed E-state index contributed by atoms with van der Waals surface area (Å²) in [6.45, 7) is 0. The number of nitrogens with zero attached hydrogens (tertiary/aromatic N) is 2. The molecule has 0 unspecified atom stereocenters. The van der Waals surface area contributed by atoms with Gasteiger partial charge in [0.2, 0.25) is 0 Å². The summed E-state index contributed by atoms with van der Waals surface area (Å²) in [7, 11) is 0. The molecule has 0 N–H and O–H groups in total. The predicted molar refractivity (Wildman–Crippen MR) is 99.4 cm³/mol. The Morgan fingerprint density at radius 1 is 0.800 bits per heavy atom. The molecular formula is C22H18N2O. The molecule has 25 heavy (non-hydrogen) atoms. The van der Waals surface area contributed by atoms with Crippen LogP contribution in [0.25, 0.3) is 0 Å². The van der Waals surface area contributed by atoms with Crippen LogP contribution in [0.3, 0.4) is 0 Å². The van der Waals surface area contributed by atoms with Gasteiger partial charge in [0.15, 0.2) is 0 Å². The summed E-state index contributed by atoms with van der Waals surface area (Å²) >= 11 is 0. The first kappa shape index (κ1) is 15.3. The predicted octanol–water partition coefficient (Wildman–Crippen LogP) is 4.68. The van der Waals surface area contributed by atoms with Gasteiger partial charge in [-0.2, -0.15) is 5.10 Å². The lowest BCUT2D eigenvalue weighted by Gasteiger charge is -2.22. The summed E-state index contributed by atoms with van der Waals surface area (Å²) in [6.07, 6.45) is 0.715. The van der Waals surface area contributed by atoms with Gasteiger partial charge in [0.25, 0.3) is 5.91 Å². The monoisotopic (exact) mass is 326 g/mol. The van der Waals surface area contributed by atoms with Gasteiger partial charge >= 0.3 is 0 Å². The van der Waals surface area contributed by atoms with Crippen LogP contribution >= 0.6 is 0 Å². The van der Waals surface area contributed by atoms with Gasteiger partial charge in [-0.1, -0.05) is 78.9 Å². The molecule has 3 aromatic carbocycles. The maximum absolute atomic E-state index is 13.0. The van der Waals surface area contributed by atoms with Crippen LogP contribution in [0.1, 0.15) is 33.9 Å². The second-order valence-electron chi connectivity index (χ2n) is 6.06. The SMILES string of the molecule is O=C(c1ccccc1)N1N=C(c2ccccc2)C[C@H]1c1ccccc1. The van der Waals surface area contributed by atoms with Gasteiger partial charge in [-0.05, 0) is 23.3 Å². The van der Waals surface area contributed by atoms with E-state index in [0.717, 1.165) is 16.8 Å². The van der Waals surface area contributed by atoms with Crippen LogP contribution in [0.15, 0.2) is 96.1 Å². The van der Waals surface area contributed by atoms with Gasteiger partial charge in [0.1, 0.15) is 0 Å². The van der Waals surface area contributed by atoms with Gasteiger partial charge in [0.05, 0.1) is 11.8 Å². The van der Waals surface area contributed by atoms with Crippen LogP contribution in [0.2, 0.25) is 0 Å².